The number of amides is 1. The molecule has 0 saturated carbocycles. The SMILES string of the molecule is O=C(CCCc1nc(-c2ccc(Cl)cc2)no1)Nc1nnc(-c2ccccc2Cl)s1. The van der Waals surface area contributed by atoms with Gasteiger partial charge in [-0.3, -0.25) is 4.79 Å². The van der Waals surface area contributed by atoms with Gasteiger partial charge >= 0.3 is 0 Å². The average Bonchev–Trinajstić information content (AvgIpc) is 3.39. The predicted octanol–water partition coefficient (Wildman–Crippen LogP) is 5.52. The fraction of sp³-hybridized carbons (Fsp3) is 0.150. The molecule has 4 rings (SSSR count). The van der Waals surface area contributed by atoms with Crippen molar-refractivity contribution in [3.8, 4) is 22.0 Å². The molecule has 0 bridgehead atoms. The van der Waals surface area contributed by atoms with E-state index in [1.165, 1.54) is 11.3 Å². The largest absolute Gasteiger partial charge is 0.339 e. The summed E-state index contributed by atoms with van der Waals surface area (Å²) >= 11 is 13.3. The van der Waals surface area contributed by atoms with Crippen LogP contribution in [0.3, 0.4) is 0 Å². The maximum atomic E-state index is 12.2. The van der Waals surface area contributed by atoms with Crippen molar-refractivity contribution in [1.29, 1.82) is 0 Å². The van der Waals surface area contributed by atoms with Crippen molar-refractivity contribution in [3.63, 3.8) is 0 Å². The Bertz CT molecular complexity index is 1160. The van der Waals surface area contributed by atoms with Crippen LogP contribution < -0.4 is 5.32 Å². The molecule has 0 atom stereocenters. The van der Waals surface area contributed by atoms with Crippen molar-refractivity contribution in [2.45, 2.75) is 19.3 Å². The van der Waals surface area contributed by atoms with Crippen LogP contribution in [0.1, 0.15) is 18.7 Å². The molecular weight excluding hydrogens is 445 g/mol. The lowest BCUT2D eigenvalue weighted by Gasteiger charge is -1.99. The van der Waals surface area contributed by atoms with Gasteiger partial charge in [0.15, 0.2) is 5.01 Å². The Morgan fingerprint density at radius 2 is 1.87 bits per heavy atom. The van der Waals surface area contributed by atoms with Crippen molar-refractivity contribution in [3.05, 3.63) is 64.5 Å². The third kappa shape index (κ3) is 5.02. The Hall–Kier alpha value is -2.81. The minimum atomic E-state index is -0.158. The van der Waals surface area contributed by atoms with Crippen LogP contribution in [0.5, 0.6) is 0 Å². The van der Waals surface area contributed by atoms with Crippen LogP contribution in [-0.2, 0) is 11.2 Å². The normalized spacial score (nSPS) is 10.9. The molecule has 0 spiro atoms. The van der Waals surface area contributed by atoms with Gasteiger partial charge in [-0.05, 0) is 36.8 Å². The lowest BCUT2D eigenvalue weighted by atomic mass is 10.2. The molecule has 152 valence electrons. The number of hydrogen-bond acceptors (Lipinski definition) is 7. The fourth-order valence-corrected chi connectivity index (χ4v) is 3.88. The summed E-state index contributed by atoms with van der Waals surface area (Å²) in [4.78, 5) is 16.5. The molecule has 7 nitrogen and oxygen atoms in total. The summed E-state index contributed by atoms with van der Waals surface area (Å²) in [5.74, 6) is 0.811. The summed E-state index contributed by atoms with van der Waals surface area (Å²) < 4.78 is 5.25. The molecule has 2 heterocycles. The van der Waals surface area contributed by atoms with Crippen LogP contribution in [-0.4, -0.2) is 26.2 Å². The van der Waals surface area contributed by atoms with Gasteiger partial charge in [-0.1, -0.05) is 57.9 Å². The molecule has 0 aliphatic heterocycles. The number of carbonyl (C=O) groups is 1. The highest BCUT2D eigenvalue weighted by atomic mass is 35.5. The van der Waals surface area contributed by atoms with E-state index in [1.807, 2.05) is 30.3 Å². The monoisotopic (exact) mass is 459 g/mol. The van der Waals surface area contributed by atoms with Gasteiger partial charge in [0.1, 0.15) is 0 Å². The number of nitrogens with zero attached hydrogens (tertiary/aromatic N) is 4. The maximum Gasteiger partial charge on any atom is 0.226 e. The number of halogens is 2. The molecule has 0 fully saturated rings. The minimum absolute atomic E-state index is 0.158. The number of aryl methyl sites for hydroxylation is 1. The summed E-state index contributed by atoms with van der Waals surface area (Å²) in [6, 6.07) is 14.5. The Morgan fingerprint density at radius 1 is 1.07 bits per heavy atom. The number of benzene rings is 2. The summed E-state index contributed by atoms with van der Waals surface area (Å²) in [5, 5.41) is 17.1. The van der Waals surface area contributed by atoms with Gasteiger partial charge in [-0.15, -0.1) is 10.2 Å². The van der Waals surface area contributed by atoms with Crippen molar-refractivity contribution in [2.75, 3.05) is 5.32 Å². The van der Waals surface area contributed by atoms with Crippen LogP contribution in [0.2, 0.25) is 10.0 Å². The van der Waals surface area contributed by atoms with Crippen LogP contribution in [0.4, 0.5) is 5.13 Å². The fourth-order valence-electron chi connectivity index (χ4n) is 2.67. The van der Waals surface area contributed by atoms with Crippen LogP contribution in [0.15, 0.2) is 53.1 Å². The van der Waals surface area contributed by atoms with Gasteiger partial charge in [0.05, 0.1) is 5.02 Å². The molecule has 0 unspecified atom stereocenters. The van der Waals surface area contributed by atoms with Crippen molar-refractivity contribution in [2.24, 2.45) is 0 Å². The molecule has 0 aliphatic carbocycles. The van der Waals surface area contributed by atoms with E-state index >= 15 is 0 Å². The van der Waals surface area contributed by atoms with E-state index in [9.17, 15) is 4.79 Å². The molecule has 4 aromatic rings. The van der Waals surface area contributed by atoms with Gasteiger partial charge in [0.2, 0.25) is 22.8 Å². The third-order valence-corrected chi connectivity index (χ3v) is 5.59. The molecule has 0 aliphatic rings. The highest BCUT2D eigenvalue weighted by Gasteiger charge is 2.13. The lowest BCUT2D eigenvalue weighted by Crippen LogP contribution is -2.11. The van der Waals surface area contributed by atoms with E-state index in [2.05, 4.69) is 25.7 Å². The highest BCUT2D eigenvalue weighted by Crippen LogP contribution is 2.31. The number of hydrogen-bond donors (Lipinski definition) is 1. The molecule has 0 saturated heterocycles. The van der Waals surface area contributed by atoms with Crippen LogP contribution in [0.25, 0.3) is 22.0 Å². The summed E-state index contributed by atoms with van der Waals surface area (Å²) in [6.07, 6.45) is 1.35. The van der Waals surface area contributed by atoms with Crippen molar-refractivity contribution < 1.29 is 9.32 Å². The number of anilines is 1. The van der Waals surface area contributed by atoms with Crippen molar-refractivity contribution >= 4 is 45.6 Å². The first-order valence-corrected chi connectivity index (χ1v) is 10.6. The lowest BCUT2D eigenvalue weighted by molar-refractivity contribution is -0.116. The number of carbonyl (C=O) groups excluding carboxylic acids is 1. The predicted molar refractivity (Wildman–Crippen MR) is 117 cm³/mol. The molecule has 2 aromatic carbocycles. The smallest absolute Gasteiger partial charge is 0.226 e. The molecule has 1 amide bonds. The number of aromatic nitrogens is 4. The first kappa shape index (κ1) is 20.5. The Labute approximate surface area is 186 Å². The standard InChI is InChI=1S/C20H15Cl2N5O2S/c21-13-10-8-12(9-11-13)18-24-17(29-27-18)7-3-6-16(28)23-20-26-25-19(30-20)14-4-1-2-5-15(14)22/h1-2,4-5,8-11H,3,6-7H2,(H,23,26,28). The molecular formula is C20H15Cl2N5O2S. The van der Waals surface area contributed by atoms with Gasteiger partial charge in [-0.25, -0.2) is 0 Å². The zero-order valence-electron chi connectivity index (χ0n) is 15.5. The van der Waals surface area contributed by atoms with E-state index < -0.39 is 0 Å². The van der Waals surface area contributed by atoms with E-state index in [1.54, 1.807) is 18.2 Å². The quantitative estimate of drug-likeness (QED) is 0.390. The van der Waals surface area contributed by atoms with Gasteiger partial charge in [0.25, 0.3) is 0 Å². The van der Waals surface area contributed by atoms with E-state index in [4.69, 9.17) is 27.7 Å². The average molecular weight is 460 g/mol. The van der Waals surface area contributed by atoms with Gasteiger partial charge in [-0.2, -0.15) is 4.98 Å². The van der Waals surface area contributed by atoms with Crippen LogP contribution in [0, 0.1) is 0 Å². The minimum Gasteiger partial charge on any atom is -0.339 e. The molecule has 0 radical (unpaired) electrons. The first-order valence-electron chi connectivity index (χ1n) is 9.05. The Kier molecular flexibility index (Phi) is 6.37. The topological polar surface area (TPSA) is 93.8 Å². The summed E-state index contributed by atoms with van der Waals surface area (Å²) in [5.41, 5.74) is 1.60. The zero-order valence-corrected chi connectivity index (χ0v) is 17.8. The molecule has 2 aromatic heterocycles. The summed E-state index contributed by atoms with van der Waals surface area (Å²) in [6.45, 7) is 0. The highest BCUT2D eigenvalue weighted by molar-refractivity contribution is 7.18. The Balaban J connectivity index is 1.28. The van der Waals surface area contributed by atoms with Gasteiger partial charge in [0, 0.05) is 29.0 Å². The van der Waals surface area contributed by atoms with Gasteiger partial charge < -0.3 is 9.84 Å². The molecule has 30 heavy (non-hydrogen) atoms. The second-order valence-corrected chi connectivity index (χ2v) is 8.13. The summed E-state index contributed by atoms with van der Waals surface area (Å²) in [7, 11) is 0. The van der Waals surface area contributed by atoms with E-state index in [0.717, 1.165) is 11.1 Å². The molecule has 10 heteroatoms. The third-order valence-electron chi connectivity index (χ3n) is 4.14. The van der Waals surface area contributed by atoms with Crippen molar-refractivity contribution in [1.82, 2.24) is 20.3 Å². The van der Waals surface area contributed by atoms with E-state index in [0.29, 0.717) is 51.2 Å². The zero-order chi connectivity index (χ0) is 20.9. The number of nitrogens with one attached hydrogen (secondary N) is 1. The second-order valence-electron chi connectivity index (χ2n) is 6.31. The second kappa shape index (κ2) is 9.34. The Morgan fingerprint density at radius 3 is 2.67 bits per heavy atom. The number of rotatable bonds is 7. The molecule has 1 N–H and O–H groups in total. The maximum absolute atomic E-state index is 12.2. The van der Waals surface area contributed by atoms with Crippen LogP contribution >= 0.6 is 34.5 Å². The first-order chi connectivity index (χ1) is 14.6. The van der Waals surface area contributed by atoms with E-state index in [-0.39, 0.29) is 5.91 Å².